The van der Waals surface area contributed by atoms with E-state index in [0.717, 1.165) is 12.8 Å². The second kappa shape index (κ2) is 6.00. The van der Waals surface area contributed by atoms with Crippen molar-refractivity contribution in [1.82, 2.24) is 0 Å². The van der Waals surface area contributed by atoms with Gasteiger partial charge in [0.15, 0.2) is 5.92 Å². The molecule has 1 saturated carbocycles. The van der Waals surface area contributed by atoms with Crippen LogP contribution in [0.5, 0.6) is 0 Å². The van der Waals surface area contributed by atoms with Crippen molar-refractivity contribution in [2.75, 3.05) is 13.2 Å². The number of aliphatic hydroxyl groups is 1. The van der Waals surface area contributed by atoms with E-state index in [0.29, 0.717) is 0 Å². The lowest BCUT2D eigenvalue weighted by Crippen LogP contribution is -2.48. The van der Waals surface area contributed by atoms with Crippen LogP contribution < -0.4 is 0 Å². The zero-order chi connectivity index (χ0) is 13.8. The number of rotatable bonds is 7. The zero-order valence-electron chi connectivity index (χ0n) is 10.8. The van der Waals surface area contributed by atoms with Gasteiger partial charge in [-0.2, -0.15) is 0 Å². The normalized spacial score (nSPS) is 18.0. The third kappa shape index (κ3) is 2.90. The van der Waals surface area contributed by atoms with Crippen LogP contribution in [0.25, 0.3) is 0 Å². The Labute approximate surface area is 107 Å². The molecule has 18 heavy (non-hydrogen) atoms. The summed E-state index contributed by atoms with van der Waals surface area (Å²) >= 11 is 0. The first kappa shape index (κ1) is 14.7. The zero-order valence-corrected chi connectivity index (χ0v) is 10.8. The lowest BCUT2D eigenvalue weighted by atomic mass is 9.83. The fourth-order valence-corrected chi connectivity index (χ4v) is 1.99. The van der Waals surface area contributed by atoms with Crippen molar-refractivity contribution in [1.29, 1.82) is 0 Å². The Morgan fingerprint density at radius 1 is 1.33 bits per heavy atom. The summed E-state index contributed by atoms with van der Waals surface area (Å²) < 4.78 is 9.70. The molecule has 1 aliphatic rings. The lowest BCUT2D eigenvalue weighted by Gasteiger charge is -2.30. The molecule has 1 N–H and O–H groups in total. The van der Waals surface area contributed by atoms with E-state index in [9.17, 15) is 14.7 Å². The molecular formula is C13H20O5. The topological polar surface area (TPSA) is 72.8 Å². The number of ether oxygens (including phenoxy) is 2. The molecule has 0 aromatic carbocycles. The van der Waals surface area contributed by atoms with Crippen molar-refractivity contribution in [2.24, 2.45) is 11.8 Å². The first-order valence-corrected chi connectivity index (χ1v) is 6.20. The predicted molar refractivity (Wildman–Crippen MR) is 64.6 cm³/mol. The quantitative estimate of drug-likeness (QED) is 0.419. The van der Waals surface area contributed by atoms with Crippen molar-refractivity contribution in [2.45, 2.75) is 32.3 Å². The molecule has 1 unspecified atom stereocenters. The Bertz CT molecular complexity index is 316. The number of hydrogen-bond donors (Lipinski definition) is 1. The van der Waals surface area contributed by atoms with Crippen molar-refractivity contribution in [3.8, 4) is 0 Å². The molecule has 0 bridgehead atoms. The smallest absolute Gasteiger partial charge is 0.323 e. The van der Waals surface area contributed by atoms with Gasteiger partial charge in [0, 0.05) is 0 Å². The summed E-state index contributed by atoms with van der Waals surface area (Å²) in [7, 11) is 0. The molecule has 1 aliphatic carbocycles. The molecule has 1 rings (SSSR count). The Hall–Kier alpha value is -1.36. The average Bonchev–Trinajstić information content (AvgIpc) is 3.13. The number of carbonyl (C=O) groups is 2. The highest BCUT2D eigenvalue weighted by Crippen LogP contribution is 2.45. The van der Waals surface area contributed by atoms with Crippen LogP contribution >= 0.6 is 0 Å². The van der Waals surface area contributed by atoms with Crippen molar-refractivity contribution >= 4 is 11.9 Å². The molecule has 1 fully saturated rings. The molecule has 5 heteroatoms. The third-order valence-corrected chi connectivity index (χ3v) is 3.07. The number of esters is 2. The van der Waals surface area contributed by atoms with Crippen molar-refractivity contribution < 1.29 is 24.2 Å². The molecule has 5 nitrogen and oxygen atoms in total. The van der Waals surface area contributed by atoms with E-state index in [1.54, 1.807) is 13.8 Å². The minimum Gasteiger partial charge on any atom is -0.465 e. The van der Waals surface area contributed by atoms with E-state index >= 15 is 0 Å². The van der Waals surface area contributed by atoms with Crippen LogP contribution in [-0.4, -0.2) is 35.9 Å². The fraction of sp³-hybridized carbons (Fsp3) is 0.692. The van der Waals surface area contributed by atoms with E-state index in [4.69, 9.17) is 9.47 Å². The van der Waals surface area contributed by atoms with Gasteiger partial charge in [-0.25, -0.2) is 0 Å². The largest absolute Gasteiger partial charge is 0.465 e. The molecule has 0 aromatic rings. The van der Waals surface area contributed by atoms with Crippen LogP contribution in [-0.2, 0) is 19.1 Å². The summed E-state index contributed by atoms with van der Waals surface area (Å²) in [5.74, 6) is -2.99. The summed E-state index contributed by atoms with van der Waals surface area (Å²) in [5.41, 5.74) is -1.57. The summed E-state index contributed by atoms with van der Waals surface area (Å²) in [6, 6.07) is 0. The Kier molecular flexibility index (Phi) is 4.90. The van der Waals surface area contributed by atoms with Crippen LogP contribution in [0.4, 0.5) is 0 Å². The van der Waals surface area contributed by atoms with Gasteiger partial charge in [0.05, 0.1) is 13.2 Å². The monoisotopic (exact) mass is 256 g/mol. The van der Waals surface area contributed by atoms with E-state index < -0.39 is 23.5 Å². The van der Waals surface area contributed by atoms with Gasteiger partial charge in [-0.3, -0.25) is 9.59 Å². The minimum absolute atomic E-state index is 0.131. The van der Waals surface area contributed by atoms with E-state index in [1.165, 1.54) is 6.08 Å². The Morgan fingerprint density at radius 3 is 2.06 bits per heavy atom. The van der Waals surface area contributed by atoms with Gasteiger partial charge in [-0.15, -0.1) is 6.58 Å². The van der Waals surface area contributed by atoms with Gasteiger partial charge < -0.3 is 14.6 Å². The summed E-state index contributed by atoms with van der Waals surface area (Å²) in [4.78, 5) is 23.7. The summed E-state index contributed by atoms with van der Waals surface area (Å²) in [6.45, 7) is 7.11. The van der Waals surface area contributed by atoms with Crippen molar-refractivity contribution in [3.05, 3.63) is 12.7 Å². The van der Waals surface area contributed by atoms with Gasteiger partial charge in [0.25, 0.3) is 0 Å². The standard InChI is InChI=1S/C13H20O5/c1-4-13(16,9-7-8-9)10(11(14)17-5-2)12(15)18-6-3/h4,9-10,16H,1,5-8H2,2-3H3. The molecule has 0 saturated heterocycles. The van der Waals surface area contributed by atoms with Crippen molar-refractivity contribution in [3.63, 3.8) is 0 Å². The first-order chi connectivity index (χ1) is 8.51. The van der Waals surface area contributed by atoms with Crippen LogP contribution in [0.3, 0.4) is 0 Å². The highest BCUT2D eigenvalue weighted by Gasteiger charge is 2.54. The SMILES string of the molecule is C=CC(O)(C1CC1)C(C(=O)OCC)C(=O)OCC. The van der Waals surface area contributed by atoms with Gasteiger partial charge in [0.1, 0.15) is 5.60 Å². The van der Waals surface area contributed by atoms with E-state index in [1.807, 2.05) is 0 Å². The summed E-state index contributed by atoms with van der Waals surface area (Å²) in [6.07, 6.45) is 2.78. The maximum Gasteiger partial charge on any atom is 0.323 e. The third-order valence-electron chi connectivity index (χ3n) is 3.07. The molecule has 0 aliphatic heterocycles. The molecule has 102 valence electrons. The highest BCUT2D eigenvalue weighted by molar-refractivity contribution is 5.97. The molecule has 1 atom stereocenters. The fourth-order valence-electron chi connectivity index (χ4n) is 1.99. The molecule has 0 aromatic heterocycles. The predicted octanol–water partition coefficient (Wildman–Crippen LogP) is 1.06. The van der Waals surface area contributed by atoms with Crippen LogP contribution in [0, 0.1) is 11.8 Å². The molecule has 0 amide bonds. The minimum atomic E-state index is -1.57. The van der Waals surface area contributed by atoms with Gasteiger partial charge in [0.2, 0.25) is 0 Å². The molecular weight excluding hydrogens is 236 g/mol. The second-order valence-corrected chi connectivity index (χ2v) is 4.30. The maximum absolute atomic E-state index is 11.9. The molecule has 0 radical (unpaired) electrons. The summed E-state index contributed by atoms with van der Waals surface area (Å²) in [5, 5.41) is 10.5. The Balaban J connectivity index is 2.97. The second-order valence-electron chi connectivity index (χ2n) is 4.30. The van der Waals surface area contributed by atoms with Crippen LogP contribution in [0.2, 0.25) is 0 Å². The Morgan fingerprint density at radius 2 is 1.78 bits per heavy atom. The lowest BCUT2D eigenvalue weighted by molar-refractivity contribution is -0.172. The first-order valence-electron chi connectivity index (χ1n) is 6.20. The van der Waals surface area contributed by atoms with Gasteiger partial charge >= 0.3 is 11.9 Å². The number of carbonyl (C=O) groups excluding carboxylic acids is 2. The number of hydrogen-bond acceptors (Lipinski definition) is 5. The van der Waals surface area contributed by atoms with Gasteiger partial charge in [-0.1, -0.05) is 6.08 Å². The molecule has 0 spiro atoms. The van der Waals surface area contributed by atoms with E-state index in [-0.39, 0.29) is 19.1 Å². The van der Waals surface area contributed by atoms with Crippen LogP contribution in [0.1, 0.15) is 26.7 Å². The highest BCUT2D eigenvalue weighted by atomic mass is 16.6. The van der Waals surface area contributed by atoms with E-state index in [2.05, 4.69) is 6.58 Å². The molecule has 0 heterocycles. The van der Waals surface area contributed by atoms with Gasteiger partial charge in [-0.05, 0) is 32.6 Å². The van der Waals surface area contributed by atoms with Crippen LogP contribution in [0.15, 0.2) is 12.7 Å². The average molecular weight is 256 g/mol. The maximum atomic E-state index is 11.9.